The molecule has 1 atom stereocenters. The number of carbonyl (C=O) groups is 2. The predicted molar refractivity (Wildman–Crippen MR) is 88.1 cm³/mol. The highest BCUT2D eigenvalue weighted by Crippen LogP contribution is 2.23. The van der Waals surface area contributed by atoms with Crippen molar-refractivity contribution >= 4 is 29.1 Å². The molecule has 2 aromatic carbocycles. The monoisotopic (exact) mass is 316 g/mol. The fourth-order valence-electron chi connectivity index (χ4n) is 2.05. The molecule has 0 fully saturated rings. The van der Waals surface area contributed by atoms with Gasteiger partial charge in [0.15, 0.2) is 0 Å². The summed E-state index contributed by atoms with van der Waals surface area (Å²) in [5.74, 6) is -0.426. The van der Waals surface area contributed by atoms with Crippen molar-refractivity contribution in [1.29, 1.82) is 0 Å². The Hall–Kier alpha value is -2.33. The Morgan fingerprint density at radius 2 is 1.77 bits per heavy atom. The van der Waals surface area contributed by atoms with E-state index in [0.29, 0.717) is 16.3 Å². The number of benzene rings is 2. The van der Waals surface area contributed by atoms with Crippen LogP contribution in [0.25, 0.3) is 0 Å². The molecule has 2 N–H and O–H groups in total. The first kappa shape index (κ1) is 16.0. The molecule has 4 nitrogen and oxygen atoms in total. The molecule has 0 unspecified atom stereocenters. The minimum Gasteiger partial charge on any atom is -0.346 e. The lowest BCUT2D eigenvalue weighted by Gasteiger charge is -2.15. The van der Waals surface area contributed by atoms with E-state index in [-0.39, 0.29) is 17.9 Å². The second-order valence-electron chi connectivity index (χ2n) is 4.98. The summed E-state index contributed by atoms with van der Waals surface area (Å²) in [5.41, 5.74) is 1.96. The third-order valence-corrected chi connectivity index (χ3v) is 3.50. The second kappa shape index (κ2) is 7.09. The van der Waals surface area contributed by atoms with Crippen molar-refractivity contribution in [2.24, 2.45) is 0 Å². The van der Waals surface area contributed by atoms with Crippen molar-refractivity contribution in [3.8, 4) is 0 Å². The van der Waals surface area contributed by atoms with Gasteiger partial charge in [0.1, 0.15) is 0 Å². The number of nitrogens with one attached hydrogen (secondary N) is 2. The van der Waals surface area contributed by atoms with Crippen molar-refractivity contribution in [1.82, 2.24) is 5.32 Å². The van der Waals surface area contributed by atoms with Gasteiger partial charge in [0, 0.05) is 12.5 Å². The lowest BCUT2D eigenvalue weighted by atomic mass is 10.1. The lowest BCUT2D eigenvalue weighted by molar-refractivity contribution is -0.114. The summed E-state index contributed by atoms with van der Waals surface area (Å²) < 4.78 is 0. The zero-order chi connectivity index (χ0) is 16.1. The average Bonchev–Trinajstić information content (AvgIpc) is 2.49. The quantitative estimate of drug-likeness (QED) is 0.901. The van der Waals surface area contributed by atoms with Gasteiger partial charge in [-0.2, -0.15) is 0 Å². The van der Waals surface area contributed by atoms with Crippen LogP contribution in [0.4, 0.5) is 5.69 Å². The van der Waals surface area contributed by atoms with E-state index in [9.17, 15) is 9.59 Å². The Labute approximate surface area is 134 Å². The maximum atomic E-state index is 12.3. The molecule has 0 aliphatic heterocycles. The number of hydrogen-bond acceptors (Lipinski definition) is 2. The first-order valence-electron chi connectivity index (χ1n) is 6.90. The van der Waals surface area contributed by atoms with Gasteiger partial charge in [-0.15, -0.1) is 0 Å². The van der Waals surface area contributed by atoms with Crippen molar-refractivity contribution in [2.45, 2.75) is 19.9 Å². The molecule has 0 aliphatic carbocycles. The molecule has 22 heavy (non-hydrogen) atoms. The minimum atomic E-state index is -0.215. The van der Waals surface area contributed by atoms with Gasteiger partial charge in [0.2, 0.25) is 5.91 Å². The standard InChI is InChI=1S/C17H17ClN2O2/c1-11(13-6-4-3-5-7-13)19-17(22)14-8-9-16(15(18)10-14)20-12(2)21/h3-11H,1-2H3,(H,19,22)(H,20,21)/t11-/m1/s1. The Bertz CT molecular complexity index is 686. The van der Waals surface area contributed by atoms with Crippen LogP contribution < -0.4 is 10.6 Å². The topological polar surface area (TPSA) is 58.2 Å². The molecular weight excluding hydrogens is 300 g/mol. The Morgan fingerprint density at radius 1 is 1.09 bits per heavy atom. The summed E-state index contributed by atoms with van der Waals surface area (Å²) in [6, 6.07) is 14.4. The van der Waals surface area contributed by atoms with Gasteiger partial charge in [-0.05, 0) is 30.7 Å². The maximum absolute atomic E-state index is 12.3. The number of halogens is 1. The van der Waals surface area contributed by atoms with E-state index in [4.69, 9.17) is 11.6 Å². The molecule has 0 bridgehead atoms. The van der Waals surface area contributed by atoms with Gasteiger partial charge in [0.25, 0.3) is 5.91 Å². The molecule has 0 saturated carbocycles. The van der Waals surface area contributed by atoms with Gasteiger partial charge in [-0.3, -0.25) is 9.59 Å². The van der Waals surface area contributed by atoms with Gasteiger partial charge >= 0.3 is 0 Å². The fraction of sp³-hybridized carbons (Fsp3) is 0.176. The van der Waals surface area contributed by atoms with Gasteiger partial charge < -0.3 is 10.6 Å². The summed E-state index contributed by atoms with van der Waals surface area (Å²) in [6.45, 7) is 3.32. The van der Waals surface area contributed by atoms with Crippen LogP contribution in [-0.2, 0) is 4.79 Å². The van der Waals surface area contributed by atoms with Crippen LogP contribution in [0.1, 0.15) is 35.8 Å². The molecule has 114 valence electrons. The van der Waals surface area contributed by atoms with E-state index in [0.717, 1.165) is 5.56 Å². The highest BCUT2D eigenvalue weighted by atomic mass is 35.5. The molecule has 2 amide bonds. The molecule has 0 aromatic heterocycles. The third-order valence-electron chi connectivity index (χ3n) is 3.19. The van der Waals surface area contributed by atoms with Crippen LogP contribution in [0.2, 0.25) is 5.02 Å². The van der Waals surface area contributed by atoms with Gasteiger partial charge in [0.05, 0.1) is 16.8 Å². The molecule has 5 heteroatoms. The predicted octanol–water partition coefficient (Wildman–Crippen LogP) is 3.79. The second-order valence-corrected chi connectivity index (χ2v) is 5.39. The number of carbonyl (C=O) groups excluding carboxylic acids is 2. The maximum Gasteiger partial charge on any atom is 0.251 e. The van der Waals surface area contributed by atoms with Crippen molar-refractivity contribution in [3.05, 3.63) is 64.7 Å². The van der Waals surface area contributed by atoms with Gasteiger partial charge in [-0.1, -0.05) is 41.9 Å². The highest BCUT2D eigenvalue weighted by Gasteiger charge is 2.13. The van der Waals surface area contributed by atoms with Crippen LogP contribution in [0, 0.1) is 0 Å². The van der Waals surface area contributed by atoms with Crippen LogP contribution in [0.5, 0.6) is 0 Å². The Balaban J connectivity index is 2.10. The van der Waals surface area contributed by atoms with Crippen LogP contribution in [0.15, 0.2) is 48.5 Å². The fourth-order valence-corrected chi connectivity index (χ4v) is 2.28. The minimum absolute atomic E-state index is 0.109. The Morgan fingerprint density at radius 3 is 2.36 bits per heavy atom. The third kappa shape index (κ3) is 4.09. The lowest BCUT2D eigenvalue weighted by Crippen LogP contribution is -2.26. The molecule has 2 aromatic rings. The molecule has 0 radical (unpaired) electrons. The van der Waals surface area contributed by atoms with E-state index in [1.165, 1.54) is 6.92 Å². The van der Waals surface area contributed by atoms with Crippen LogP contribution >= 0.6 is 11.6 Å². The number of anilines is 1. The number of rotatable bonds is 4. The zero-order valence-corrected chi connectivity index (χ0v) is 13.1. The van der Waals surface area contributed by atoms with Crippen molar-refractivity contribution < 1.29 is 9.59 Å². The molecule has 0 spiro atoms. The normalized spacial score (nSPS) is 11.6. The summed E-state index contributed by atoms with van der Waals surface area (Å²) >= 11 is 6.08. The first-order chi connectivity index (χ1) is 10.5. The molecule has 2 rings (SSSR count). The first-order valence-corrected chi connectivity index (χ1v) is 7.28. The van der Waals surface area contributed by atoms with Crippen LogP contribution in [0.3, 0.4) is 0 Å². The van der Waals surface area contributed by atoms with Gasteiger partial charge in [-0.25, -0.2) is 0 Å². The molecule has 0 heterocycles. The molecule has 0 aliphatic rings. The van der Waals surface area contributed by atoms with E-state index < -0.39 is 0 Å². The zero-order valence-electron chi connectivity index (χ0n) is 12.4. The van der Waals surface area contributed by atoms with E-state index in [2.05, 4.69) is 10.6 Å². The Kier molecular flexibility index (Phi) is 5.17. The number of amides is 2. The SMILES string of the molecule is CC(=O)Nc1ccc(C(=O)N[C@H](C)c2ccccc2)cc1Cl. The van der Waals surface area contributed by atoms with Crippen molar-refractivity contribution in [2.75, 3.05) is 5.32 Å². The summed E-state index contributed by atoms with van der Waals surface area (Å²) in [5, 5.41) is 5.85. The van der Waals surface area contributed by atoms with E-state index in [1.54, 1.807) is 18.2 Å². The smallest absolute Gasteiger partial charge is 0.251 e. The summed E-state index contributed by atoms with van der Waals surface area (Å²) in [7, 11) is 0. The summed E-state index contributed by atoms with van der Waals surface area (Å²) in [6.07, 6.45) is 0. The molecule has 0 saturated heterocycles. The van der Waals surface area contributed by atoms with Crippen molar-refractivity contribution in [3.63, 3.8) is 0 Å². The number of hydrogen-bond donors (Lipinski definition) is 2. The van der Waals surface area contributed by atoms with E-state index in [1.807, 2.05) is 37.3 Å². The highest BCUT2D eigenvalue weighted by molar-refractivity contribution is 6.34. The molecular formula is C17H17ClN2O2. The van der Waals surface area contributed by atoms with Crippen LogP contribution in [-0.4, -0.2) is 11.8 Å². The largest absolute Gasteiger partial charge is 0.346 e. The van der Waals surface area contributed by atoms with E-state index >= 15 is 0 Å². The summed E-state index contributed by atoms with van der Waals surface area (Å²) in [4.78, 5) is 23.3. The average molecular weight is 317 g/mol.